The molecule has 26 heavy (non-hydrogen) atoms. The zero-order valence-corrected chi connectivity index (χ0v) is 14.9. The van der Waals surface area contributed by atoms with E-state index in [4.69, 9.17) is 22.1 Å². The van der Waals surface area contributed by atoms with Gasteiger partial charge in [-0.25, -0.2) is 9.97 Å². The maximum Gasteiger partial charge on any atom is 0.225 e. The number of hydrogen-bond donors (Lipinski definition) is 1. The van der Waals surface area contributed by atoms with Gasteiger partial charge in [-0.05, 0) is 24.1 Å². The third-order valence-corrected chi connectivity index (χ3v) is 3.82. The number of halogens is 1. The van der Waals surface area contributed by atoms with E-state index in [2.05, 4.69) is 15.0 Å². The maximum absolute atomic E-state index is 10.9. The predicted molar refractivity (Wildman–Crippen MR) is 99.1 cm³/mol. The number of primary amides is 1. The van der Waals surface area contributed by atoms with E-state index in [1.807, 2.05) is 19.1 Å². The van der Waals surface area contributed by atoms with Crippen molar-refractivity contribution in [2.45, 2.75) is 19.8 Å². The zero-order chi connectivity index (χ0) is 18.5. The number of aryl methyl sites for hydroxylation is 1. The van der Waals surface area contributed by atoms with Crippen molar-refractivity contribution in [1.82, 2.24) is 15.0 Å². The fraction of sp³-hybridized carbons (Fsp3) is 0.158. The number of nitrogens with zero attached hydrogens (tertiary/aromatic N) is 3. The summed E-state index contributed by atoms with van der Waals surface area (Å²) in [6, 6.07) is 12.5. The zero-order valence-electron chi connectivity index (χ0n) is 14.1. The third kappa shape index (κ3) is 4.55. The molecule has 6 nitrogen and oxygen atoms in total. The average Bonchev–Trinajstić information content (AvgIpc) is 2.62. The van der Waals surface area contributed by atoms with Crippen molar-refractivity contribution in [1.29, 1.82) is 0 Å². The second-order valence-electron chi connectivity index (χ2n) is 5.63. The van der Waals surface area contributed by atoms with Gasteiger partial charge in [-0.2, -0.15) is 4.98 Å². The Morgan fingerprint density at radius 3 is 2.65 bits per heavy atom. The van der Waals surface area contributed by atoms with Crippen molar-refractivity contribution in [2.75, 3.05) is 0 Å². The number of carbonyl (C=O) groups is 1. The first-order chi connectivity index (χ1) is 12.5. The summed E-state index contributed by atoms with van der Waals surface area (Å²) in [6.07, 6.45) is 2.43. The molecule has 0 bridgehead atoms. The van der Waals surface area contributed by atoms with Crippen LogP contribution in [0.1, 0.15) is 18.2 Å². The minimum atomic E-state index is -0.407. The number of ether oxygens (including phenoxy) is 1. The van der Waals surface area contributed by atoms with E-state index < -0.39 is 5.91 Å². The number of aromatic nitrogens is 3. The quantitative estimate of drug-likeness (QED) is 0.718. The van der Waals surface area contributed by atoms with Crippen LogP contribution < -0.4 is 10.5 Å². The summed E-state index contributed by atoms with van der Waals surface area (Å²) in [5, 5.41) is 0.613. The van der Waals surface area contributed by atoms with Crippen LogP contribution in [0.2, 0.25) is 5.02 Å². The topological polar surface area (TPSA) is 91.0 Å². The summed E-state index contributed by atoms with van der Waals surface area (Å²) in [5.74, 6) is 0.889. The SMILES string of the molecule is CCc1cc(Oc2ccc(CC(N)=O)cn2)nc(-c2cccc(Cl)c2)n1. The Bertz CT molecular complexity index is 929. The number of hydrogen-bond acceptors (Lipinski definition) is 5. The summed E-state index contributed by atoms with van der Waals surface area (Å²) in [7, 11) is 0. The molecule has 0 radical (unpaired) electrons. The lowest BCUT2D eigenvalue weighted by atomic mass is 10.2. The van der Waals surface area contributed by atoms with Crippen molar-refractivity contribution >= 4 is 17.5 Å². The van der Waals surface area contributed by atoms with Crippen LogP contribution in [0.4, 0.5) is 0 Å². The Labute approximate surface area is 156 Å². The van der Waals surface area contributed by atoms with Gasteiger partial charge < -0.3 is 10.5 Å². The molecule has 2 N–H and O–H groups in total. The predicted octanol–water partition coefficient (Wildman–Crippen LogP) is 3.57. The molecule has 0 saturated heterocycles. The average molecular weight is 369 g/mol. The summed E-state index contributed by atoms with van der Waals surface area (Å²) in [4.78, 5) is 24.1. The monoisotopic (exact) mass is 368 g/mol. The fourth-order valence-corrected chi connectivity index (χ4v) is 2.54. The molecule has 0 fully saturated rings. The number of benzene rings is 1. The van der Waals surface area contributed by atoms with Crippen LogP contribution in [-0.4, -0.2) is 20.9 Å². The van der Waals surface area contributed by atoms with Crippen molar-refractivity contribution < 1.29 is 9.53 Å². The summed E-state index contributed by atoms with van der Waals surface area (Å²) in [6.45, 7) is 2.00. The van der Waals surface area contributed by atoms with E-state index in [9.17, 15) is 4.79 Å². The second-order valence-corrected chi connectivity index (χ2v) is 6.07. The first-order valence-electron chi connectivity index (χ1n) is 8.08. The highest BCUT2D eigenvalue weighted by atomic mass is 35.5. The minimum absolute atomic E-state index is 0.139. The van der Waals surface area contributed by atoms with E-state index >= 15 is 0 Å². The van der Waals surface area contributed by atoms with Gasteiger partial charge >= 0.3 is 0 Å². The van der Waals surface area contributed by atoms with Gasteiger partial charge in [0.1, 0.15) is 0 Å². The first-order valence-corrected chi connectivity index (χ1v) is 8.46. The molecule has 2 heterocycles. The van der Waals surface area contributed by atoms with Gasteiger partial charge in [0.15, 0.2) is 5.82 Å². The molecule has 0 aliphatic rings. The van der Waals surface area contributed by atoms with E-state index in [0.29, 0.717) is 22.6 Å². The van der Waals surface area contributed by atoms with Crippen molar-refractivity contribution in [3.05, 3.63) is 64.9 Å². The molecule has 1 amide bonds. The van der Waals surface area contributed by atoms with Gasteiger partial charge in [-0.3, -0.25) is 4.79 Å². The molecule has 7 heteroatoms. The molecule has 0 spiro atoms. The second kappa shape index (κ2) is 7.93. The van der Waals surface area contributed by atoms with Gasteiger partial charge in [-0.15, -0.1) is 0 Å². The van der Waals surface area contributed by atoms with Crippen molar-refractivity contribution in [3.8, 4) is 23.1 Å². The smallest absolute Gasteiger partial charge is 0.225 e. The Morgan fingerprint density at radius 2 is 2.00 bits per heavy atom. The van der Waals surface area contributed by atoms with E-state index in [1.165, 1.54) is 0 Å². The minimum Gasteiger partial charge on any atom is -0.421 e. The summed E-state index contributed by atoms with van der Waals surface area (Å²) in [5.41, 5.74) is 7.55. The van der Waals surface area contributed by atoms with Crippen LogP contribution in [0.5, 0.6) is 11.8 Å². The molecular weight excluding hydrogens is 352 g/mol. The van der Waals surface area contributed by atoms with Crippen LogP contribution in [-0.2, 0) is 17.6 Å². The van der Waals surface area contributed by atoms with Crippen LogP contribution >= 0.6 is 11.6 Å². The molecule has 1 aromatic carbocycles. The van der Waals surface area contributed by atoms with Gasteiger partial charge in [0.05, 0.1) is 6.42 Å². The third-order valence-electron chi connectivity index (χ3n) is 3.59. The molecular formula is C19H17ClN4O2. The van der Waals surface area contributed by atoms with E-state index in [0.717, 1.165) is 23.2 Å². The molecule has 0 aliphatic heterocycles. The van der Waals surface area contributed by atoms with Gasteiger partial charge in [0, 0.05) is 34.6 Å². The van der Waals surface area contributed by atoms with Crippen LogP contribution in [0, 0.1) is 0 Å². The van der Waals surface area contributed by atoms with Crippen LogP contribution in [0.3, 0.4) is 0 Å². The highest BCUT2D eigenvalue weighted by Crippen LogP contribution is 2.24. The molecule has 3 aromatic rings. The Hall–Kier alpha value is -2.99. The molecule has 3 rings (SSSR count). The largest absolute Gasteiger partial charge is 0.421 e. The number of rotatable bonds is 6. The lowest BCUT2D eigenvalue weighted by molar-refractivity contribution is -0.117. The molecule has 132 valence electrons. The first kappa shape index (κ1) is 17.8. The fourth-order valence-electron chi connectivity index (χ4n) is 2.35. The van der Waals surface area contributed by atoms with Gasteiger partial charge in [0.2, 0.25) is 17.7 Å². The number of amides is 1. The summed E-state index contributed by atoms with van der Waals surface area (Å²) < 4.78 is 5.76. The van der Waals surface area contributed by atoms with E-state index in [1.54, 1.807) is 36.5 Å². The molecule has 0 saturated carbocycles. The number of nitrogens with two attached hydrogens (primary N) is 1. The van der Waals surface area contributed by atoms with Crippen molar-refractivity contribution in [3.63, 3.8) is 0 Å². The molecule has 0 unspecified atom stereocenters. The van der Waals surface area contributed by atoms with Gasteiger partial charge in [-0.1, -0.05) is 36.7 Å². The van der Waals surface area contributed by atoms with Crippen LogP contribution in [0.25, 0.3) is 11.4 Å². The maximum atomic E-state index is 10.9. The van der Waals surface area contributed by atoms with Gasteiger partial charge in [0.25, 0.3) is 0 Å². The molecule has 0 aliphatic carbocycles. The molecule has 0 atom stereocenters. The lowest BCUT2D eigenvalue weighted by Crippen LogP contribution is -2.13. The lowest BCUT2D eigenvalue weighted by Gasteiger charge is -2.09. The molecule has 2 aromatic heterocycles. The Morgan fingerprint density at radius 1 is 1.15 bits per heavy atom. The Kier molecular flexibility index (Phi) is 5.43. The number of carbonyl (C=O) groups excluding carboxylic acids is 1. The van der Waals surface area contributed by atoms with E-state index in [-0.39, 0.29) is 6.42 Å². The van der Waals surface area contributed by atoms with Crippen molar-refractivity contribution in [2.24, 2.45) is 5.73 Å². The summed E-state index contributed by atoms with van der Waals surface area (Å²) >= 11 is 6.06. The number of pyridine rings is 1. The normalized spacial score (nSPS) is 10.5. The van der Waals surface area contributed by atoms with Crippen LogP contribution in [0.15, 0.2) is 48.7 Å². The standard InChI is InChI=1S/C19H17ClN4O2/c1-2-15-10-18(24-19(23-15)13-4-3-5-14(20)9-13)26-17-7-6-12(11-22-17)8-16(21)25/h3-7,9-11H,2,8H2,1H3,(H2,21,25). The Balaban J connectivity index is 1.87. The highest BCUT2D eigenvalue weighted by Gasteiger charge is 2.09. The highest BCUT2D eigenvalue weighted by molar-refractivity contribution is 6.30.